The van der Waals surface area contributed by atoms with Gasteiger partial charge in [-0.15, -0.1) is 0 Å². The maximum absolute atomic E-state index is 6.52. The lowest BCUT2D eigenvalue weighted by atomic mass is 9.75. The monoisotopic (exact) mass is 288 g/mol. The van der Waals surface area contributed by atoms with E-state index in [1.165, 1.54) is 12.8 Å². The first-order valence-corrected chi connectivity index (χ1v) is 8.18. The van der Waals surface area contributed by atoms with Crippen LogP contribution < -0.4 is 10.5 Å². The molecule has 1 aromatic carbocycles. The lowest BCUT2D eigenvalue weighted by Gasteiger charge is -2.44. The molecule has 2 aliphatic heterocycles. The summed E-state index contributed by atoms with van der Waals surface area (Å²) in [5.74, 6) is 1.78. The molecule has 0 spiro atoms. The van der Waals surface area contributed by atoms with E-state index in [0.29, 0.717) is 11.5 Å². The Hall–Kier alpha value is -1.06. The highest BCUT2D eigenvalue weighted by Gasteiger charge is 2.36. The van der Waals surface area contributed by atoms with E-state index in [4.69, 9.17) is 10.5 Å². The molecule has 2 unspecified atom stereocenters. The zero-order chi connectivity index (χ0) is 15.0. The first-order valence-electron chi connectivity index (χ1n) is 8.18. The van der Waals surface area contributed by atoms with Crippen molar-refractivity contribution in [1.29, 1.82) is 0 Å². The summed E-state index contributed by atoms with van der Waals surface area (Å²) in [6.45, 7) is 10.1. The zero-order valence-electron chi connectivity index (χ0n) is 13.5. The molecular formula is C18H28N2O. The van der Waals surface area contributed by atoms with Crippen molar-refractivity contribution in [2.24, 2.45) is 17.1 Å². The van der Waals surface area contributed by atoms with Crippen LogP contribution in [0.2, 0.25) is 0 Å². The van der Waals surface area contributed by atoms with E-state index >= 15 is 0 Å². The molecule has 1 aromatic rings. The number of hydrogen-bond donors (Lipinski definition) is 1. The molecule has 2 N–H and O–H groups in total. The number of benzene rings is 1. The molecule has 1 fully saturated rings. The molecule has 3 rings (SSSR count). The van der Waals surface area contributed by atoms with Crippen molar-refractivity contribution in [3.8, 4) is 5.75 Å². The summed E-state index contributed by atoms with van der Waals surface area (Å²) < 4.78 is 5.93. The van der Waals surface area contributed by atoms with E-state index in [9.17, 15) is 0 Å². The quantitative estimate of drug-likeness (QED) is 0.862. The van der Waals surface area contributed by atoms with Crippen LogP contribution in [0.4, 0.5) is 0 Å². The van der Waals surface area contributed by atoms with Crippen molar-refractivity contribution in [3.63, 3.8) is 0 Å². The summed E-state index contributed by atoms with van der Waals surface area (Å²) >= 11 is 0. The van der Waals surface area contributed by atoms with Gasteiger partial charge >= 0.3 is 0 Å². The molecule has 0 saturated carbocycles. The molecule has 2 aliphatic rings. The van der Waals surface area contributed by atoms with Crippen molar-refractivity contribution >= 4 is 0 Å². The lowest BCUT2D eigenvalue weighted by Crippen LogP contribution is -2.52. The van der Waals surface area contributed by atoms with Gasteiger partial charge in [-0.05, 0) is 43.3 Å². The van der Waals surface area contributed by atoms with Crippen molar-refractivity contribution in [2.45, 2.75) is 45.7 Å². The Bertz CT molecular complexity index is 486. The molecule has 0 radical (unpaired) electrons. The Kier molecular flexibility index (Phi) is 3.98. The minimum atomic E-state index is 0.0705. The van der Waals surface area contributed by atoms with E-state index in [0.717, 1.165) is 36.9 Å². The fourth-order valence-electron chi connectivity index (χ4n) is 3.80. The summed E-state index contributed by atoms with van der Waals surface area (Å²) in [5, 5.41) is 0. The second-order valence-corrected chi connectivity index (χ2v) is 7.62. The van der Waals surface area contributed by atoms with Crippen LogP contribution in [0.25, 0.3) is 0 Å². The average Bonchev–Trinajstić information content (AvgIpc) is 2.47. The lowest BCUT2D eigenvalue weighted by molar-refractivity contribution is 0.0431. The molecular weight excluding hydrogens is 260 g/mol. The van der Waals surface area contributed by atoms with Gasteiger partial charge in [0.05, 0.1) is 12.1 Å². The van der Waals surface area contributed by atoms with Gasteiger partial charge in [-0.2, -0.15) is 0 Å². The van der Waals surface area contributed by atoms with Crippen LogP contribution in [-0.2, 0) is 0 Å². The summed E-state index contributed by atoms with van der Waals surface area (Å²) in [5.41, 5.74) is 8.10. The maximum atomic E-state index is 6.52. The fraction of sp³-hybridized carbons (Fsp3) is 0.667. The van der Waals surface area contributed by atoms with Crippen molar-refractivity contribution in [2.75, 3.05) is 19.7 Å². The number of ether oxygens (including phenoxy) is 1. The minimum absolute atomic E-state index is 0.0705. The number of hydrogen-bond acceptors (Lipinski definition) is 3. The predicted molar refractivity (Wildman–Crippen MR) is 86.4 cm³/mol. The van der Waals surface area contributed by atoms with Crippen LogP contribution in [-0.4, -0.2) is 30.6 Å². The molecule has 2 heterocycles. The van der Waals surface area contributed by atoms with Gasteiger partial charge in [0.15, 0.2) is 0 Å². The number of rotatable bonds is 1. The summed E-state index contributed by atoms with van der Waals surface area (Å²) in [7, 11) is 0. The fourth-order valence-corrected chi connectivity index (χ4v) is 3.80. The summed E-state index contributed by atoms with van der Waals surface area (Å²) in [6, 6.07) is 8.59. The molecule has 0 amide bonds. The van der Waals surface area contributed by atoms with E-state index in [1.807, 2.05) is 12.1 Å². The normalized spacial score (nSPS) is 28.0. The molecule has 0 aromatic heterocycles. The molecule has 0 bridgehead atoms. The standard InChI is InChI=1S/C18H28N2O/c1-18(2,3)13-8-10-20(11-9-13)15-12-21-16-7-5-4-6-14(16)17(15)19/h4-7,13,15,17H,8-12,19H2,1-3H3. The Morgan fingerprint density at radius 2 is 1.81 bits per heavy atom. The van der Waals surface area contributed by atoms with Crippen LogP contribution in [0.3, 0.4) is 0 Å². The second-order valence-electron chi connectivity index (χ2n) is 7.62. The van der Waals surface area contributed by atoms with Gasteiger partial charge in [-0.1, -0.05) is 39.0 Å². The molecule has 3 heteroatoms. The van der Waals surface area contributed by atoms with Crippen LogP contribution in [0, 0.1) is 11.3 Å². The van der Waals surface area contributed by atoms with Crippen LogP contribution in [0.15, 0.2) is 24.3 Å². The van der Waals surface area contributed by atoms with Gasteiger partial charge in [0, 0.05) is 5.56 Å². The van der Waals surface area contributed by atoms with E-state index < -0.39 is 0 Å². The minimum Gasteiger partial charge on any atom is -0.492 e. The molecule has 1 saturated heterocycles. The first-order chi connectivity index (χ1) is 9.97. The number of nitrogens with two attached hydrogens (primary N) is 1. The molecule has 2 atom stereocenters. The summed E-state index contributed by atoms with van der Waals surface area (Å²) in [6.07, 6.45) is 2.54. The smallest absolute Gasteiger partial charge is 0.124 e. The van der Waals surface area contributed by atoms with Gasteiger partial charge in [-0.25, -0.2) is 0 Å². The Morgan fingerprint density at radius 1 is 1.14 bits per heavy atom. The number of para-hydroxylation sites is 1. The predicted octanol–water partition coefficient (Wildman–Crippen LogP) is 3.21. The van der Waals surface area contributed by atoms with Crippen LogP contribution in [0.5, 0.6) is 5.75 Å². The van der Waals surface area contributed by atoms with Gasteiger partial charge < -0.3 is 10.5 Å². The third kappa shape index (κ3) is 2.95. The number of piperidine rings is 1. The van der Waals surface area contributed by atoms with E-state index in [1.54, 1.807) is 0 Å². The number of nitrogens with zero attached hydrogens (tertiary/aromatic N) is 1. The van der Waals surface area contributed by atoms with Gasteiger partial charge in [0.2, 0.25) is 0 Å². The maximum Gasteiger partial charge on any atom is 0.124 e. The van der Waals surface area contributed by atoms with E-state index in [2.05, 4.69) is 37.8 Å². The Morgan fingerprint density at radius 3 is 2.48 bits per heavy atom. The SMILES string of the molecule is CC(C)(C)C1CCN(C2COc3ccccc3C2N)CC1. The number of likely N-dealkylation sites (tertiary alicyclic amines) is 1. The topological polar surface area (TPSA) is 38.5 Å². The molecule has 3 nitrogen and oxygen atoms in total. The van der Waals surface area contributed by atoms with Crippen molar-refractivity contribution < 1.29 is 4.74 Å². The molecule has 21 heavy (non-hydrogen) atoms. The van der Waals surface area contributed by atoms with Gasteiger partial charge in [0.1, 0.15) is 12.4 Å². The van der Waals surface area contributed by atoms with Gasteiger partial charge in [0.25, 0.3) is 0 Å². The summed E-state index contributed by atoms with van der Waals surface area (Å²) in [4.78, 5) is 2.54. The average molecular weight is 288 g/mol. The van der Waals surface area contributed by atoms with Crippen LogP contribution in [0.1, 0.15) is 45.2 Å². The zero-order valence-corrected chi connectivity index (χ0v) is 13.5. The Balaban J connectivity index is 1.67. The Labute approximate surface area is 128 Å². The second kappa shape index (κ2) is 5.62. The molecule has 116 valence electrons. The van der Waals surface area contributed by atoms with E-state index in [-0.39, 0.29) is 6.04 Å². The molecule has 0 aliphatic carbocycles. The van der Waals surface area contributed by atoms with Crippen molar-refractivity contribution in [1.82, 2.24) is 4.90 Å². The first kappa shape index (κ1) is 14.9. The highest BCUT2D eigenvalue weighted by molar-refractivity contribution is 5.38. The highest BCUT2D eigenvalue weighted by atomic mass is 16.5. The third-order valence-electron chi connectivity index (χ3n) is 5.33. The largest absolute Gasteiger partial charge is 0.492 e. The third-order valence-corrected chi connectivity index (χ3v) is 5.33. The number of fused-ring (bicyclic) bond motifs is 1. The van der Waals surface area contributed by atoms with Crippen molar-refractivity contribution in [3.05, 3.63) is 29.8 Å². The highest BCUT2D eigenvalue weighted by Crippen LogP contribution is 2.37. The van der Waals surface area contributed by atoms with Gasteiger partial charge in [-0.3, -0.25) is 4.90 Å². The van der Waals surface area contributed by atoms with Crippen LogP contribution >= 0.6 is 0 Å².